The molecular weight excluding hydrogens is 693 g/mol. The summed E-state index contributed by atoms with van der Waals surface area (Å²) in [4.78, 5) is 11.0. The second-order valence-electron chi connectivity index (χ2n) is 11.4. The third kappa shape index (κ3) is 7.95. The second kappa shape index (κ2) is 12.9. The van der Waals surface area contributed by atoms with Gasteiger partial charge in [0.1, 0.15) is 22.0 Å². The highest BCUT2D eigenvalue weighted by Crippen LogP contribution is 2.43. The summed E-state index contributed by atoms with van der Waals surface area (Å²) >= 11 is 0. The van der Waals surface area contributed by atoms with Gasteiger partial charge in [-0.3, -0.25) is 0 Å². The Hall–Kier alpha value is -4.73. The summed E-state index contributed by atoms with van der Waals surface area (Å²) in [7, 11) is -5.41. The summed E-state index contributed by atoms with van der Waals surface area (Å²) in [5.41, 5.74) is -5.56. The van der Waals surface area contributed by atoms with E-state index in [1.165, 1.54) is 18.2 Å². The first kappa shape index (κ1) is 37.1. The largest absolute Gasteiger partial charge is 0.478 e. The number of alkyl halides is 9. The Morgan fingerprint density at radius 3 is 1.47 bits per heavy atom. The lowest BCUT2D eigenvalue weighted by molar-refractivity contribution is -0.138. The monoisotopic (exact) mass is 719 g/mol. The van der Waals surface area contributed by atoms with Crippen LogP contribution in [0.15, 0.2) is 89.8 Å². The molecule has 4 rings (SSSR count). The van der Waals surface area contributed by atoms with Crippen molar-refractivity contribution in [3.8, 4) is 11.5 Å². The fourth-order valence-corrected chi connectivity index (χ4v) is 6.23. The Bertz CT molecular complexity index is 1890. The number of halogens is 9. The number of ether oxygens (including phenoxy) is 1. The summed E-state index contributed by atoms with van der Waals surface area (Å²) in [6.45, 7) is 5.50. The van der Waals surface area contributed by atoms with Crippen LogP contribution in [0.4, 0.5) is 50.9 Å². The number of hydrogen-bond acceptors (Lipinski definition) is 4. The minimum atomic E-state index is -5.41. The molecule has 0 aliphatic rings. The maximum Gasteiger partial charge on any atom is 0.416 e. The molecule has 0 fully saturated rings. The molecule has 16 heteroatoms. The summed E-state index contributed by atoms with van der Waals surface area (Å²) < 4.78 is 156. The SMILES string of the molecule is CCC(C)(C)c1ccc(Oc2ccc(C(F)(F)F)cc2S(=O)(=O)N(c2ccc(C(F)(F)F)cc2)c2ccc(C(F)(F)F)cc2)c(C(=O)O)c1. The molecule has 0 aliphatic heterocycles. The topological polar surface area (TPSA) is 83.9 Å². The quantitative estimate of drug-likeness (QED) is 0.174. The van der Waals surface area contributed by atoms with Crippen LogP contribution in [-0.4, -0.2) is 19.5 Å². The number of sulfonamides is 1. The minimum absolute atomic E-state index is 0.167. The van der Waals surface area contributed by atoms with Crippen molar-refractivity contribution in [2.24, 2.45) is 0 Å². The van der Waals surface area contributed by atoms with Gasteiger partial charge in [0.25, 0.3) is 10.0 Å². The van der Waals surface area contributed by atoms with Gasteiger partial charge in [-0.2, -0.15) is 39.5 Å². The first-order chi connectivity index (χ1) is 22.5. The lowest BCUT2D eigenvalue weighted by Crippen LogP contribution is -2.27. The van der Waals surface area contributed by atoms with Crippen molar-refractivity contribution in [1.29, 1.82) is 0 Å². The van der Waals surface area contributed by atoms with Gasteiger partial charge in [-0.05, 0) is 96.3 Å². The van der Waals surface area contributed by atoms with Crippen molar-refractivity contribution >= 4 is 27.4 Å². The number of benzene rings is 4. The number of hydrogen-bond donors (Lipinski definition) is 1. The molecule has 0 unspecified atom stereocenters. The van der Waals surface area contributed by atoms with Crippen molar-refractivity contribution in [2.75, 3.05) is 4.31 Å². The van der Waals surface area contributed by atoms with Crippen LogP contribution in [0.25, 0.3) is 0 Å². The maximum absolute atomic E-state index is 14.3. The zero-order chi connectivity index (χ0) is 36.7. The zero-order valence-electron chi connectivity index (χ0n) is 25.6. The van der Waals surface area contributed by atoms with E-state index in [9.17, 15) is 57.8 Å². The molecule has 49 heavy (non-hydrogen) atoms. The molecule has 0 heterocycles. The van der Waals surface area contributed by atoms with Crippen molar-refractivity contribution in [1.82, 2.24) is 0 Å². The molecule has 1 N–H and O–H groups in total. The Morgan fingerprint density at radius 1 is 0.653 bits per heavy atom. The fourth-order valence-electron chi connectivity index (χ4n) is 4.60. The average molecular weight is 720 g/mol. The smallest absolute Gasteiger partial charge is 0.416 e. The lowest BCUT2D eigenvalue weighted by atomic mass is 9.81. The Balaban J connectivity index is 1.98. The highest BCUT2D eigenvalue weighted by molar-refractivity contribution is 7.93. The normalized spacial score (nSPS) is 12.9. The van der Waals surface area contributed by atoms with Crippen LogP contribution < -0.4 is 9.04 Å². The van der Waals surface area contributed by atoms with Gasteiger partial charge >= 0.3 is 24.5 Å². The van der Waals surface area contributed by atoms with E-state index in [1.807, 2.05) is 20.8 Å². The van der Waals surface area contributed by atoms with Crippen LogP contribution in [0.2, 0.25) is 0 Å². The molecule has 0 radical (unpaired) electrons. The van der Waals surface area contributed by atoms with Crippen LogP contribution in [-0.2, 0) is 34.0 Å². The molecule has 0 saturated carbocycles. The molecule has 0 atom stereocenters. The van der Waals surface area contributed by atoms with Crippen molar-refractivity contribution in [3.63, 3.8) is 0 Å². The average Bonchev–Trinajstić information content (AvgIpc) is 3.00. The van der Waals surface area contributed by atoms with E-state index in [0.29, 0.717) is 72.6 Å². The number of carboxylic acid groups (broad SMARTS) is 1. The van der Waals surface area contributed by atoms with Crippen molar-refractivity contribution < 1.29 is 62.6 Å². The third-order valence-electron chi connectivity index (χ3n) is 7.74. The molecule has 0 bridgehead atoms. The Kier molecular flexibility index (Phi) is 9.80. The molecule has 4 aromatic rings. The Labute approximate surface area is 274 Å². The third-order valence-corrected chi connectivity index (χ3v) is 9.52. The fraction of sp³-hybridized carbons (Fsp3) is 0.242. The minimum Gasteiger partial charge on any atom is -0.478 e. The van der Waals surface area contributed by atoms with Crippen LogP contribution in [0, 0.1) is 0 Å². The van der Waals surface area contributed by atoms with E-state index in [2.05, 4.69) is 0 Å². The van der Waals surface area contributed by atoms with E-state index >= 15 is 0 Å². The predicted molar refractivity (Wildman–Crippen MR) is 160 cm³/mol. The molecule has 0 aliphatic carbocycles. The highest BCUT2D eigenvalue weighted by Gasteiger charge is 2.38. The first-order valence-corrected chi connectivity index (χ1v) is 15.6. The van der Waals surface area contributed by atoms with E-state index in [0.717, 1.165) is 0 Å². The van der Waals surface area contributed by atoms with Gasteiger partial charge in [-0.1, -0.05) is 26.8 Å². The number of carboxylic acids is 1. The molecule has 262 valence electrons. The number of nitrogens with zero attached hydrogens (tertiary/aromatic N) is 1. The first-order valence-electron chi connectivity index (χ1n) is 14.1. The van der Waals surface area contributed by atoms with Crippen LogP contribution in [0.1, 0.15) is 59.8 Å². The Morgan fingerprint density at radius 2 is 1.06 bits per heavy atom. The zero-order valence-corrected chi connectivity index (χ0v) is 26.4. The molecular formula is C33H26F9NO5S. The summed E-state index contributed by atoms with van der Waals surface area (Å²) in [5.74, 6) is -2.80. The molecule has 0 spiro atoms. The van der Waals surface area contributed by atoms with Crippen LogP contribution >= 0.6 is 0 Å². The van der Waals surface area contributed by atoms with E-state index in [-0.39, 0.29) is 10.4 Å². The molecule has 0 amide bonds. The van der Waals surface area contributed by atoms with E-state index in [4.69, 9.17) is 4.74 Å². The second-order valence-corrected chi connectivity index (χ2v) is 13.1. The molecule has 0 saturated heterocycles. The maximum atomic E-state index is 14.3. The van der Waals surface area contributed by atoms with Crippen molar-refractivity contribution in [3.05, 3.63) is 113 Å². The van der Waals surface area contributed by atoms with Gasteiger partial charge in [0.15, 0.2) is 0 Å². The van der Waals surface area contributed by atoms with Gasteiger partial charge in [-0.25, -0.2) is 17.5 Å². The molecule has 4 aromatic carbocycles. The van der Waals surface area contributed by atoms with Gasteiger partial charge < -0.3 is 9.84 Å². The van der Waals surface area contributed by atoms with Crippen molar-refractivity contribution in [2.45, 2.75) is 56.0 Å². The van der Waals surface area contributed by atoms with E-state index < -0.39 is 90.0 Å². The summed E-state index contributed by atoms with van der Waals surface area (Å²) in [6, 6.07) is 9.76. The number of carbonyl (C=O) groups is 1. The van der Waals surface area contributed by atoms with Gasteiger partial charge in [0.2, 0.25) is 0 Å². The van der Waals surface area contributed by atoms with Gasteiger partial charge in [0, 0.05) is 0 Å². The standard InChI is InChI=1S/C33H26F9NO5S/c1-4-30(2,3)21-9-15-26(25(17-21)29(44)45)48-27-16-10-22(33(40,41)42)18-28(27)49(46,47)43(23-11-5-19(6-12-23)31(34,35)36)24-13-7-20(8-14-24)32(37,38)39/h5-18H,4H2,1-3H3,(H,44,45). The van der Waals surface area contributed by atoms with Gasteiger partial charge in [-0.15, -0.1) is 0 Å². The highest BCUT2D eigenvalue weighted by atomic mass is 32.2. The lowest BCUT2D eigenvalue weighted by Gasteiger charge is -2.27. The molecule has 6 nitrogen and oxygen atoms in total. The van der Waals surface area contributed by atoms with Crippen LogP contribution in [0.3, 0.4) is 0 Å². The number of anilines is 2. The summed E-state index contributed by atoms with van der Waals surface area (Å²) in [5, 5.41) is 9.92. The van der Waals surface area contributed by atoms with E-state index in [1.54, 1.807) is 0 Å². The number of rotatable bonds is 9. The number of aromatic carboxylic acids is 1. The summed E-state index contributed by atoms with van der Waals surface area (Å²) in [6.07, 6.45) is -14.3. The molecule has 0 aromatic heterocycles. The predicted octanol–water partition coefficient (Wildman–Crippen LogP) is 10.4. The van der Waals surface area contributed by atoms with Crippen LogP contribution in [0.5, 0.6) is 11.5 Å². The van der Waals surface area contributed by atoms with Gasteiger partial charge in [0.05, 0.1) is 28.1 Å².